The lowest BCUT2D eigenvalue weighted by atomic mass is 9.77. The van der Waals surface area contributed by atoms with Crippen LogP contribution >= 0.6 is 0 Å². The van der Waals surface area contributed by atoms with Crippen LogP contribution < -0.4 is 5.32 Å². The Morgan fingerprint density at radius 3 is 2.90 bits per heavy atom. The Hall–Kier alpha value is -2.51. The van der Waals surface area contributed by atoms with Crippen molar-refractivity contribution in [2.75, 3.05) is 25.0 Å². The predicted octanol–water partition coefficient (Wildman–Crippen LogP) is 1.96. The van der Waals surface area contributed by atoms with Crippen molar-refractivity contribution in [3.05, 3.63) is 29.2 Å². The average molecular weight is 396 g/mol. The lowest BCUT2D eigenvalue weighted by Gasteiger charge is -2.40. The topological polar surface area (TPSA) is 88.8 Å². The van der Waals surface area contributed by atoms with E-state index in [-0.39, 0.29) is 11.3 Å². The summed E-state index contributed by atoms with van der Waals surface area (Å²) in [5.41, 5.74) is 2.48. The Kier molecular flexibility index (Phi) is 4.52. The molecule has 2 aromatic heterocycles. The van der Waals surface area contributed by atoms with E-state index in [1.165, 1.54) is 24.1 Å². The fraction of sp³-hybridized carbons (Fsp3) is 0.667. The molecule has 0 aromatic carbocycles. The lowest BCUT2D eigenvalue weighted by Crippen LogP contribution is -2.47. The minimum Gasteiger partial charge on any atom is -0.369 e. The molecule has 8 heteroatoms. The monoisotopic (exact) mass is 395 g/mol. The molecule has 2 aromatic rings. The summed E-state index contributed by atoms with van der Waals surface area (Å²) in [6, 6.07) is 0. The standard InChI is InChI=1S/C21H29N7O/c1-14(29)28-11-3-8-21(12-28)9-6-16-18(21)24-19(15-4-5-15)25-20(16)22-10-7-17-26-23-13-27(17)2/h13,15H,3-12H2,1-2H3,(H,22,24,25). The molecule has 3 aliphatic rings. The molecule has 3 heterocycles. The molecular weight excluding hydrogens is 366 g/mol. The average Bonchev–Trinajstić information content (AvgIpc) is 3.41. The molecule has 5 rings (SSSR count). The van der Waals surface area contributed by atoms with Gasteiger partial charge in [0, 0.05) is 56.9 Å². The number of likely N-dealkylation sites (tertiary alicyclic amines) is 1. The van der Waals surface area contributed by atoms with Gasteiger partial charge in [0.15, 0.2) is 0 Å². The zero-order chi connectivity index (χ0) is 20.0. The number of fused-ring (bicyclic) bond motifs is 2. The Labute approximate surface area is 171 Å². The van der Waals surface area contributed by atoms with E-state index in [4.69, 9.17) is 9.97 Å². The molecule has 2 aliphatic carbocycles. The summed E-state index contributed by atoms with van der Waals surface area (Å²) in [4.78, 5) is 24.1. The summed E-state index contributed by atoms with van der Waals surface area (Å²) in [7, 11) is 1.97. The summed E-state index contributed by atoms with van der Waals surface area (Å²) >= 11 is 0. The number of hydrogen-bond donors (Lipinski definition) is 1. The number of amides is 1. The van der Waals surface area contributed by atoms with Gasteiger partial charge in [-0.15, -0.1) is 10.2 Å². The molecule has 1 N–H and O–H groups in total. The van der Waals surface area contributed by atoms with Gasteiger partial charge in [0.2, 0.25) is 5.91 Å². The van der Waals surface area contributed by atoms with Gasteiger partial charge in [-0.3, -0.25) is 4.79 Å². The second-order valence-electron chi connectivity index (χ2n) is 8.89. The molecule has 154 valence electrons. The molecule has 1 atom stereocenters. The normalized spacial score (nSPS) is 23.4. The van der Waals surface area contributed by atoms with Crippen molar-refractivity contribution < 1.29 is 4.79 Å². The number of piperidine rings is 1. The molecular formula is C21H29N7O. The second kappa shape index (κ2) is 7.07. The van der Waals surface area contributed by atoms with Crippen LogP contribution in [-0.4, -0.2) is 55.2 Å². The van der Waals surface area contributed by atoms with Crippen molar-refractivity contribution in [1.82, 2.24) is 29.6 Å². The second-order valence-corrected chi connectivity index (χ2v) is 8.89. The minimum atomic E-state index is 0.00581. The number of aromatic nitrogens is 5. The van der Waals surface area contributed by atoms with Crippen molar-refractivity contribution >= 4 is 11.7 Å². The van der Waals surface area contributed by atoms with Gasteiger partial charge in [-0.1, -0.05) is 0 Å². The predicted molar refractivity (Wildman–Crippen MR) is 109 cm³/mol. The lowest BCUT2D eigenvalue weighted by molar-refractivity contribution is -0.131. The quantitative estimate of drug-likeness (QED) is 0.833. The van der Waals surface area contributed by atoms with Gasteiger partial charge in [-0.2, -0.15) is 0 Å². The number of rotatable bonds is 5. The van der Waals surface area contributed by atoms with Gasteiger partial charge in [-0.25, -0.2) is 9.97 Å². The molecule has 2 fully saturated rings. The Balaban J connectivity index is 1.43. The maximum atomic E-state index is 12.1. The van der Waals surface area contributed by atoms with Crippen LogP contribution in [0.4, 0.5) is 5.82 Å². The van der Waals surface area contributed by atoms with Crippen LogP contribution in [0.5, 0.6) is 0 Å². The van der Waals surface area contributed by atoms with Gasteiger partial charge in [0.05, 0.1) is 5.69 Å². The number of carbonyl (C=O) groups excluding carboxylic acids is 1. The third-order valence-electron chi connectivity index (χ3n) is 6.79. The van der Waals surface area contributed by atoms with E-state index in [0.717, 1.165) is 69.2 Å². The maximum Gasteiger partial charge on any atom is 0.219 e. The first-order valence-corrected chi connectivity index (χ1v) is 10.8. The van der Waals surface area contributed by atoms with E-state index in [1.807, 2.05) is 16.5 Å². The summed E-state index contributed by atoms with van der Waals surface area (Å²) in [6.07, 6.45) is 9.12. The first-order chi connectivity index (χ1) is 14.1. The number of carbonyl (C=O) groups is 1. The fourth-order valence-electron chi connectivity index (χ4n) is 4.95. The summed E-state index contributed by atoms with van der Waals surface area (Å²) < 4.78 is 1.95. The van der Waals surface area contributed by atoms with E-state index in [0.29, 0.717) is 5.92 Å². The molecule has 1 saturated heterocycles. The first kappa shape index (κ1) is 18.5. The van der Waals surface area contributed by atoms with E-state index >= 15 is 0 Å². The summed E-state index contributed by atoms with van der Waals surface area (Å²) in [5.74, 6) is 3.63. The fourth-order valence-corrected chi connectivity index (χ4v) is 4.95. The van der Waals surface area contributed by atoms with Gasteiger partial charge >= 0.3 is 0 Å². The molecule has 1 aliphatic heterocycles. The zero-order valence-corrected chi connectivity index (χ0v) is 17.3. The largest absolute Gasteiger partial charge is 0.369 e. The van der Waals surface area contributed by atoms with Gasteiger partial charge in [0.25, 0.3) is 0 Å². The number of hydrogen-bond acceptors (Lipinski definition) is 6. The van der Waals surface area contributed by atoms with Crippen molar-refractivity contribution in [1.29, 1.82) is 0 Å². The molecule has 1 spiro atoms. The van der Waals surface area contributed by atoms with Crippen molar-refractivity contribution in [3.63, 3.8) is 0 Å². The Bertz CT molecular complexity index is 935. The van der Waals surface area contributed by atoms with Crippen LogP contribution in [0.25, 0.3) is 0 Å². The van der Waals surface area contributed by atoms with Crippen LogP contribution in [-0.2, 0) is 30.1 Å². The smallest absolute Gasteiger partial charge is 0.219 e. The Morgan fingerprint density at radius 1 is 1.31 bits per heavy atom. The van der Waals surface area contributed by atoms with E-state index < -0.39 is 0 Å². The van der Waals surface area contributed by atoms with E-state index in [1.54, 1.807) is 13.3 Å². The number of aryl methyl sites for hydroxylation is 1. The maximum absolute atomic E-state index is 12.1. The molecule has 29 heavy (non-hydrogen) atoms. The number of anilines is 1. The van der Waals surface area contributed by atoms with Crippen LogP contribution in [0.1, 0.15) is 67.9 Å². The molecule has 1 saturated carbocycles. The highest BCUT2D eigenvalue weighted by Gasteiger charge is 2.46. The van der Waals surface area contributed by atoms with Gasteiger partial charge in [-0.05, 0) is 38.5 Å². The molecule has 0 radical (unpaired) electrons. The third-order valence-corrected chi connectivity index (χ3v) is 6.79. The van der Waals surface area contributed by atoms with Gasteiger partial charge in [0.1, 0.15) is 23.8 Å². The van der Waals surface area contributed by atoms with E-state index in [2.05, 4.69) is 15.5 Å². The zero-order valence-electron chi connectivity index (χ0n) is 17.3. The SMILES string of the molecule is CC(=O)N1CCCC2(CCc3c(NCCc4nncn4C)nc(C4CC4)nc32)C1. The van der Waals surface area contributed by atoms with Crippen LogP contribution in [0.2, 0.25) is 0 Å². The van der Waals surface area contributed by atoms with Crippen LogP contribution in [0, 0.1) is 0 Å². The van der Waals surface area contributed by atoms with Crippen LogP contribution in [0.3, 0.4) is 0 Å². The molecule has 0 bridgehead atoms. The summed E-state index contributed by atoms with van der Waals surface area (Å²) in [5, 5.41) is 11.7. The van der Waals surface area contributed by atoms with Crippen molar-refractivity contribution in [2.45, 2.75) is 63.2 Å². The van der Waals surface area contributed by atoms with Crippen molar-refractivity contribution in [2.24, 2.45) is 7.05 Å². The molecule has 1 unspecified atom stereocenters. The minimum absolute atomic E-state index is 0.00581. The molecule has 8 nitrogen and oxygen atoms in total. The highest BCUT2D eigenvalue weighted by Crippen LogP contribution is 2.48. The van der Waals surface area contributed by atoms with E-state index in [9.17, 15) is 4.79 Å². The highest BCUT2D eigenvalue weighted by molar-refractivity contribution is 5.73. The third kappa shape index (κ3) is 3.38. The summed E-state index contributed by atoms with van der Waals surface area (Å²) in [6.45, 7) is 4.13. The number of nitrogens with one attached hydrogen (secondary N) is 1. The van der Waals surface area contributed by atoms with Crippen LogP contribution in [0.15, 0.2) is 6.33 Å². The first-order valence-electron chi connectivity index (χ1n) is 10.8. The number of nitrogens with zero attached hydrogens (tertiary/aromatic N) is 6. The molecule has 1 amide bonds. The highest BCUT2D eigenvalue weighted by atomic mass is 16.2. The Morgan fingerprint density at radius 2 is 2.17 bits per heavy atom. The van der Waals surface area contributed by atoms with Crippen molar-refractivity contribution in [3.8, 4) is 0 Å². The van der Waals surface area contributed by atoms with Gasteiger partial charge < -0.3 is 14.8 Å².